The summed E-state index contributed by atoms with van der Waals surface area (Å²) in [6.45, 7) is 0. The van der Waals surface area contributed by atoms with Crippen LogP contribution in [0.15, 0.2) is 59.5 Å². The van der Waals surface area contributed by atoms with Crippen LogP contribution >= 0.6 is 11.8 Å². The number of nitriles is 1. The Morgan fingerprint density at radius 1 is 1.13 bits per heavy atom. The molecule has 0 amide bonds. The molecule has 6 nitrogen and oxygen atoms in total. The average molecular weight is 349 g/mol. The minimum atomic E-state index is -3.65. The molecule has 0 aliphatic rings. The average Bonchev–Trinajstić information content (AvgIpc) is 2.55. The maximum absolute atomic E-state index is 12.5. The number of rotatable bonds is 6. The van der Waals surface area contributed by atoms with Crippen LogP contribution in [0.1, 0.15) is 10.8 Å². The van der Waals surface area contributed by atoms with Gasteiger partial charge in [0.1, 0.15) is 5.40 Å². The number of sulfone groups is 1. The summed E-state index contributed by atoms with van der Waals surface area (Å²) in [4.78, 5) is 10.4. The smallest absolute Gasteiger partial charge is 0.241 e. The van der Waals surface area contributed by atoms with Crippen molar-refractivity contribution >= 4 is 27.3 Å². The standard InChI is InChI=1S/C15H13N2O4S2/c16-11-22-15(12-4-2-1-3-5-12)10-23(20,21)14-8-6-13(7-9-14)17(18)19/h1-9,15H,10H2,(H,18,19)/q+1. The third kappa shape index (κ3) is 4.31. The highest BCUT2D eigenvalue weighted by Gasteiger charge is 2.24. The fraction of sp³-hybridized carbons (Fsp3) is 0.133. The first-order chi connectivity index (χ1) is 10.9. The van der Waals surface area contributed by atoms with Crippen molar-refractivity contribution in [2.24, 2.45) is 0 Å². The summed E-state index contributed by atoms with van der Waals surface area (Å²) in [6, 6.07) is 13.9. The second kappa shape index (κ2) is 7.26. The summed E-state index contributed by atoms with van der Waals surface area (Å²) in [5, 5.41) is 19.1. The van der Waals surface area contributed by atoms with Crippen molar-refractivity contribution in [3.63, 3.8) is 0 Å². The molecule has 2 rings (SSSR count). The van der Waals surface area contributed by atoms with E-state index in [0.717, 1.165) is 17.3 Å². The van der Waals surface area contributed by atoms with Gasteiger partial charge in [0.05, 0.1) is 20.8 Å². The molecule has 118 valence electrons. The van der Waals surface area contributed by atoms with E-state index in [2.05, 4.69) is 0 Å². The Bertz CT molecular complexity index is 828. The molecule has 1 unspecified atom stereocenters. The van der Waals surface area contributed by atoms with Crippen LogP contribution in [0, 0.1) is 15.6 Å². The molecule has 2 aromatic carbocycles. The molecular formula is C15H13N2O4S2+. The second-order valence-corrected chi connectivity index (χ2v) is 7.68. The van der Waals surface area contributed by atoms with Crippen LogP contribution in [0.2, 0.25) is 0 Å². The lowest BCUT2D eigenvalue weighted by Crippen LogP contribution is -2.13. The van der Waals surface area contributed by atoms with Gasteiger partial charge in [-0.25, -0.2) is 13.6 Å². The topological polar surface area (TPSA) is 98.2 Å². The van der Waals surface area contributed by atoms with E-state index in [9.17, 15) is 13.3 Å². The van der Waals surface area contributed by atoms with Gasteiger partial charge >= 0.3 is 5.69 Å². The summed E-state index contributed by atoms with van der Waals surface area (Å²) >= 11 is 0.887. The molecule has 0 saturated heterocycles. The lowest BCUT2D eigenvalue weighted by Gasteiger charge is -2.13. The predicted octanol–water partition coefficient (Wildman–Crippen LogP) is 3.22. The van der Waals surface area contributed by atoms with Crippen molar-refractivity contribution < 1.29 is 18.5 Å². The van der Waals surface area contributed by atoms with E-state index in [1.165, 1.54) is 24.3 Å². The van der Waals surface area contributed by atoms with E-state index in [1.54, 1.807) is 24.3 Å². The Morgan fingerprint density at radius 3 is 2.26 bits per heavy atom. The molecule has 23 heavy (non-hydrogen) atoms. The Kier molecular flexibility index (Phi) is 5.36. The second-order valence-electron chi connectivity index (χ2n) is 4.66. The zero-order chi connectivity index (χ0) is 16.9. The number of hydrogen-bond donors (Lipinski definition) is 1. The van der Waals surface area contributed by atoms with Gasteiger partial charge < -0.3 is 0 Å². The maximum atomic E-state index is 12.5. The first-order valence-corrected chi connectivity index (χ1v) is 9.06. The Hall–Kier alpha value is -2.37. The zero-order valence-electron chi connectivity index (χ0n) is 11.9. The fourth-order valence-corrected chi connectivity index (χ4v) is 4.57. The van der Waals surface area contributed by atoms with E-state index >= 15 is 0 Å². The van der Waals surface area contributed by atoms with Gasteiger partial charge in [0.25, 0.3) is 4.92 Å². The highest BCUT2D eigenvalue weighted by Crippen LogP contribution is 2.31. The number of hydrogen-bond acceptors (Lipinski definition) is 5. The molecule has 8 heteroatoms. The van der Waals surface area contributed by atoms with Crippen molar-refractivity contribution in [1.29, 1.82) is 5.26 Å². The van der Waals surface area contributed by atoms with Gasteiger partial charge in [0.2, 0.25) is 0 Å². The monoisotopic (exact) mass is 349 g/mol. The van der Waals surface area contributed by atoms with Gasteiger partial charge in [-0.1, -0.05) is 30.3 Å². The van der Waals surface area contributed by atoms with E-state index < -0.39 is 15.1 Å². The Balaban J connectivity index is 2.28. The minimum absolute atomic E-state index is 0.0302. The minimum Gasteiger partial charge on any atom is -0.241 e. The van der Waals surface area contributed by atoms with Gasteiger partial charge in [-0.05, 0) is 29.5 Å². The van der Waals surface area contributed by atoms with Gasteiger partial charge in [-0.2, -0.15) is 5.26 Å². The van der Waals surface area contributed by atoms with E-state index in [4.69, 9.17) is 10.5 Å². The molecule has 0 radical (unpaired) electrons. The summed E-state index contributed by atoms with van der Waals surface area (Å²) in [7, 11) is -3.65. The normalized spacial score (nSPS) is 12.3. The van der Waals surface area contributed by atoms with Crippen molar-refractivity contribution in [2.45, 2.75) is 10.1 Å². The molecule has 0 aromatic heterocycles. The highest BCUT2D eigenvalue weighted by molar-refractivity contribution is 8.04. The summed E-state index contributed by atoms with van der Waals surface area (Å²) in [5.41, 5.74) is 0.690. The molecule has 1 N–H and O–H groups in total. The third-order valence-electron chi connectivity index (χ3n) is 3.15. The largest absolute Gasteiger partial charge is 0.316 e. The Morgan fingerprint density at radius 2 is 1.74 bits per heavy atom. The lowest BCUT2D eigenvalue weighted by atomic mass is 10.2. The van der Waals surface area contributed by atoms with E-state index in [1.807, 2.05) is 11.5 Å². The number of nitrogens with zero attached hydrogens (tertiary/aromatic N) is 2. The fourth-order valence-electron chi connectivity index (χ4n) is 2.01. The molecule has 0 spiro atoms. The van der Waals surface area contributed by atoms with Crippen LogP contribution in [-0.2, 0) is 9.84 Å². The molecule has 0 fully saturated rings. The molecular weight excluding hydrogens is 336 g/mol. The molecule has 0 bridgehead atoms. The van der Waals surface area contributed by atoms with Crippen LogP contribution in [0.3, 0.4) is 0 Å². The van der Waals surface area contributed by atoms with Crippen molar-refractivity contribution in [2.75, 3.05) is 5.75 Å². The van der Waals surface area contributed by atoms with Gasteiger partial charge in [-0.3, -0.25) is 0 Å². The van der Waals surface area contributed by atoms with Crippen LogP contribution in [0.4, 0.5) is 5.69 Å². The SMILES string of the molecule is N#CSC(CS(=O)(=O)c1ccc([N+](=O)O)cc1)c1ccccc1. The summed E-state index contributed by atoms with van der Waals surface area (Å²) in [6.07, 6.45) is 0. The predicted molar refractivity (Wildman–Crippen MR) is 86.0 cm³/mol. The van der Waals surface area contributed by atoms with Gasteiger partial charge in [0.15, 0.2) is 9.84 Å². The number of thiocyanates is 1. The van der Waals surface area contributed by atoms with E-state index in [-0.39, 0.29) is 21.3 Å². The molecule has 1 atom stereocenters. The molecule has 2 aromatic rings. The first kappa shape index (κ1) is 17.0. The molecule has 0 aliphatic heterocycles. The lowest BCUT2D eigenvalue weighted by molar-refractivity contribution is -0.729. The third-order valence-corrected chi connectivity index (χ3v) is 5.96. The maximum Gasteiger partial charge on any atom is 0.316 e. The quantitative estimate of drug-likeness (QED) is 0.635. The van der Waals surface area contributed by atoms with Crippen LogP contribution in [-0.4, -0.2) is 24.3 Å². The van der Waals surface area contributed by atoms with Crippen molar-refractivity contribution in [1.82, 2.24) is 0 Å². The Labute approximate surface area is 137 Å². The van der Waals surface area contributed by atoms with E-state index in [0.29, 0.717) is 0 Å². The van der Waals surface area contributed by atoms with Crippen LogP contribution < -0.4 is 0 Å². The van der Waals surface area contributed by atoms with Crippen molar-refractivity contribution in [3.8, 4) is 5.40 Å². The number of benzene rings is 2. The number of thioether (sulfide) groups is 1. The summed E-state index contributed by atoms with van der Waals surface area (Å²) < 4.78 is 25.0. The van der Waals surface area contributed by atoms with Gasteiger partial charge in [0, 0.05) is 12.1 Å². The van der Waals surface area contributed by atoms with Crippen LogP contribution in [0.5, 0.6) is 0 Å². The summed E-state index contributed by atoms with van der Waals surface area (Å²) in [5.74, 6) is -0.241. The van der Waals surface area contributed by atoms with Crippen molar-refractivity contribution in [3.05, 3.63) is 65.1 Å². The molecule has 0 saturated carbocycles. The highest BCUT2D eigenvalue weighted by atomic mass is 32.2. The molecule has 0 aliphatic carbocycles. The zero-order valence-corrected chi connectivity index (χ0v) is 13.5. The molecule has 0 heterocycles. The van der Waals surface area contributed by atoms with Gasteiger partial charge in [-0.15, -0.1) is 0 Å². The first-order valence-electron chi connectivity index (χ1n) is 6.52. The van der Waals surface area contributed by atoms with Crippen LogP contribution in [0.25, 0.3) is 0 Å².